The van der Waals surface area contributed by atoms with Gasteiger partial charge in [-0.1, -0.05) is 29.8 Å². The molecular weight excluding hydrogens is 257 g/mol. The van der Waals surface area contributed by atoms with Crippen LogP contribution in [0.3, 0.4) is 0 Å². The average Bonchev–Trinajstić information content (AvgIpc) is 2.11. The first-order valence-corrected chi connectivity index (χ1v) is 5.04. The molecule has 0 radical (unpaired) electrons. The van der Waals surface area contributed by atoms with Crippen LogP contribution in [0, 0.1) is 6.92 Å². The minimum Gasteiger partial charge on any atom is -0.166 e. The van der Waals surface area contributed by atoms with Crippen molar-refractivity contribution in [3.63, 3.8) is 0 Å². The summed E-state index contributed by atoms with van der Waals surface area (Å²) in [5.41, 5.74) is -0.0203. The molecular formula is C10H12BrF3. The summed E-state index contributed by atoms with van der Waals surface area (Å²) in [6.45, 7) is 5.62. The van der Waals surface area contributed by atoms with Crippen LogP contribution in [-0.2, 0) is 6.18 Å². The average molecular weight is 269 g/mol. The molecule has 14 heavy (non-hydrogen) atoms. The van der Waals surface area contributed by atoms with Gasteiger partial charge in [-0.25, -0.2) is 0 Å². The van der Waals surface area contributed by atoms with Gasteiger partial charge in [0.15, 0.2) is 0 Å². The quantitative estimate of drug-likeness (QED) is 0.634. The number of benzene rings is 1. The molecule has 0 unspecified atom stereocenters. The normalized spacial score (nSPS) is 10.5. The molecule has 0 aliphatic carbocycles. The highest BCUT2D eigenvalue weighted by Gasteiger charge is 2.30. The smallest absolute Gasteiger partial charge is 0.166 e. The predicted molar refractivity (Wildman–Crippen MR) is 55.2 cm³/mol. The summed E-state index contributed by atoms with van der Waals surface area (Å²) in [5.74, 6) is 0. The second-order valence-corrected chi connectivity index (χ2v) is 3.32. The second kappa shape index (κ2) is 5.39. The lowest BCUT2D eigenvalue weighted by molar-refractivity contribution is -0.137. The van der Waals surface area contributed by atoms with Gasteiger partial charge in [0.1, 0.15) is 0 Å². The van der Waals surface area contributed by atoms with Crippen molar-refractivity contribution in [3.05, 3.63) is 33.8 Å². The number of alkyl halides is 3. The van der Waals surface area contributed by atoms with E-state index in [4.69, 9.17) is 0 Å². The molecule has 0 nitrogen and oxygen atoms in total. The number of halogens is 4. The molecule has 0 aliphatic heterocycles. The van der Waals surface area contributed by atoms with E-state index in [9.17, 15) is 13.2 Å². The van der Waals surface area contributed by atoms with Crippen LogP contribution in [0.15, 0.2) is 22.7 Å². The zero-order chi connectivity index (χ0) is 11.4. The zero-order valence-corrected chi connectivity index (χ0v) is 9.83. The number of aryl methyl sites for hydroxylation is 1. The minimum absolute atomic E-state index is 0.588. The summed E-state index contributed by atoms with van der Waals surface area (Å²) in [7, 11) is 0. The summed E-state index contributed by atoms with van der Waals surface area (Å²) in [6, 6.07) is 3.57. The van der Waals surface area contributed by atoms with Gasteiger partial charge in [-0.3, -0.25) is 0 Å². The fraction of sp³-hybridized carbons (Fsp3) is 0.400. The monoisotopic (exact) mass is 268 g/mol. The van der Waals surface area contributed by atoms with Gasteiger partial charge in [0.25, 0.3) is 0 Å². The van der Waals surface area contributed by atoms with Gasteiger partial charge in [0, 0.05) is 4.47 Å². The number of hydrogen-bond donors (Lipinski definition) is 0. The molecule has 0 amide bonds. The standard InChI is InChI=1S/C8H6BrF3.C2H6/c1-5-4-6(8(10,11)12)2-3-7(5)9;1-2/h2-4H,1H3;1-2H3. The number of hydrogen-bond acceptors (Lipinski definition) is 0. The van der Waals surface area contributed by atoms with Gasteiger partial charge < -0.3 is 0 Å². The van der Waals surface area contributed by atoms with Gasteiger partial charge >= 0.3 is 6.18 Å². The van der Waals surface area contributed by atoms with E-state index in [1.54, 1.807) is 6.92 Å². The molecule has 0 fully saturated rings. The summed E-state index contributed by atoms with van der Waals surface area (Å²) >= 11 is 3.13. The van der Waals surface area contributed by atoms with Gasteiger partial charge in [0.2, 0.25) is 0 Å². The first-order valence-electron chi connectivity index (χ1n) is 4.24. The van der Waals surface area contributed by atoms with Gasteiger partial charge in [0.05, 0.1) is 5.56 Å². The molecule has 0 saturated heterocycles. The summed E-state index contributed by atoms with van der Waals surface area (Å²) in [5, 5.41) is 0. The van der Waals surface area contributed by atoms with E-state index in [-0.39, 0.29) is 0 Å². The van der Waals surface area contributed by atoms with Crippen molar-refractivity contribution < 1.29 is 13.2 Å². The van der Waals surface area contributed by atoms with Crippen molar-refractivity contribution in [1.82, 2.24) is 0 Å². The number of rotatable bonds is 0. The Hall–Kier alpha value is -0.510. The maximum absolute atomic E-state index is 12.1. The second-order valence-electron chi connectivity index (χ2n) is 2.46. The van der Waals surface area contributed by atoms with Crippen LogP contribution in [0.2, 0.25) is 0 Å². The van der Waals surface area contributed by atoms with E-state index in [0.29, 0.717) is 10.0 Å². The fourth-order valence-corrected chi connectivity index (χ4v) is 1.07. The molecule has 4 heteroatoms. The van der Waals surface area contributed by atoms with E-state index >= 15 is 0 Å². The molecule has 0 atom stereocenters. The van der Waals surface area contributed by atoms with Crippen molar-refractivity contribution >= 4 is 15.9 Å². The Kier molecular flexibility index (Phi) is 5.19. The molecule has 0 aromatic heterocycles. The molecule has 0 aliphatic rings. The highest BCUT2D eigenvalue weighted by molar-refractivity contribution is 9.10. The van der Waals surface area contributed by atoms with E-state index in [1.807, 2.05) is 13.8 Å². The lowest BCUT2D eigenvalue weighted by atomic mass is 10.1. The van der Waals surface area contributed by atoms with Crippen LogP contribution < -0.4 is 0 Å². The van der Waals surface area contributed by atoms with Crippen molar-refractivity contribution in [2.45, 2.75) is 26.9 Å². The maximum atomic E-state index is 12.1. The maximum Gasteiger partial charge on any atom is 0.416 e. The molecule has 1 rings (SSSR count). The largest absolute Gasteiger partial charge is 0.416 e. The first kappa shape index (κ1) is 13.5. The molecule has 0 saturated carbocycles. The summed E-state index contributed by atoms with van der Waals surface area (Å²) < 4.78 is 36.9. The molecule has 1 aromatic carbocycles. The van der Waals surface area contributed by atoms with E-state index in [1.165, 1.54) is 6.07 Å². The topological polar surface area (TPSA) is 0 Å². The molecule has 0 bridgehead atoms. The van der Waals surface area contributed by atoms with Crippen LogP contribution in [0.1, 0.15) is 25.0 Å². The highest BCUT2D eigenvalue weighted by Crippen LogP contribution is 2.31. The third-order valence-corrected chi connectivity index (χ3v) is 2.38. The van der Waals surface area contributed by atoms with Gasteiger partial charge in [-0.15, -0.1) is 0 Å². The Morgan fingerprint density at radius 3 is 2.00 bits per heavy atom. The predicted octanol–water partition coefficient (Wildman–Crippen LogP) is 4.80. The SMILES string of the molecule is CC.Cc1cc(C(F)(F)F)ccc1Br. The Bertz CT molecular complexity index is 292. The first-order chi connectivity index (χ1) is 6.41. The van der Waals surface area contributed by atoms with Crippen LogP contribution in [0.4, 0.5) is 13.2 Å². The third kappa shape index (κ3) is 3.70. The van der Waals surface area contributed by atoms with Gasteiger partial charge in [-0.05, 0) is 30.7 Å². The Balaban J connectivity index is 0.000000791. The van der Waals surface area contributed by atoms with E-state index < -0.39 is 11.7 Å². The van der Waals surface area contributed by atoms with Crippen LogP contribution in [0.5, 0.6) is 0 Å². The van der Waals surface area contributed by atoms with Crippen molar-refractivity contribution in [3.8, 4) is 0 Å². The molecule has 0 heterocycles. The van der Waals surface area contributed by atoms with Gasteiger partial charge in [-0.2, -0.15) is 13.2 Å². The van der Waals surface area contributed by atoms with Crippen LogP contribution in [0.25, 0.3) is 0 Å². The van der Waals surface area contributed by atoms with Crippen LogP contribution in [-0.4, -0.2) is 0 Å². The van der Waals surface area contributed by atoms with Crippen molar-refractivity contribution in [1.29, 1.82) is 0 Å². The fourth-order valence-electron chi connectivity index (χ4n) is 0.821. The Morgan fingerprint density at radius 1 is 1.14 bits per heavy atom. The Morgan fingerprint density at radius 2 is 1.64 bits per heavy atom. The molecule has 0 spiro atoms. The Labute approximate surface area is 90.3 Å². The lowest BCUT2D eigenvalue weighted by Crippen LogP contribution is -2.04. The molecule has 80 valence electrons. The summed E-state index contributed by atoms with van der Waals surface area (Å²) in [6.07, 6.45) is -4.24. The van der Waals surface area contributed by atoms with E-state index in [0.717, 1.165) is 12.1 Å². The van der Waals surface area contributed by atoms with Crippen molar-refractivity contribution in [2.24, 2.45) is 0 Å². The molecule has 0 N–H and O–H groups in total. The molecule has 1 aromatic rings. The zero-order valence-electron chi connectivity index (χ0n) is 8.24. The lowest BCUT2D eigenvalue weighted by Gasteiger charge is -2.07. The van der Waals surface area contributed by atoms with E-state index in [2.05, 4.69) is 15.9 Å². The third-order valence-electron chi connectivity index (χ3n) is 1.49. The van der Waals surface area contributed by atoms with Crippen LogP contribution >= 0.6 is 15.9 Å². The highest BCUT2D eigenvalue weighted by atomic mass is 79.9. The van der Waals surface area contributed by atoms with Crippen molar-refractivity contribution in [2.75, 3.05) is 0 Å². The minimum atomic E-state index is -4.24. The summed E-state index contributed by atoms with van der Waals surface area (Å²) in [4.78, 5) is 0.